The smallest absolute Gasteiger partial charge is 0.324 e. The van der Waals surface area contributed by atoms with Gasteiger partial charge in [0.1, 0.15) is 0 Å². The molecule has 2 fully saturated rings. The van der Waals surface area contributed by atoms with E-state index >= 15 is 0 Å². The van der Waals surface area contributed by atoms with Crippen LogP contribution < -0.4 is 10.6 Å². The van der Waals surface area contributed by atoms with Gasteiger partial charge in [0.15, 0.2) is 0 Å². The maximum atomic E-state index is 12.4. The summed E-state index contributed by atoms with van der Waals surface area (Å²) in [7, 11) is 0. The number of benzene rings is 1. The summed E-state index contributed by atoms with van der Waals surface area (Å²) in [6.45, 7) is 5.69. The minimum Gasteiger partial charge on any atom is -0.397 e. The molecule has 2 N–H and O–H groups in total. The molecule has 0 spiro atoms. The molecular formula is C15H22N4O. The second-order valence-electron chi connectivity index (χ2n) is 5.53. The van der Waals surface area contributed by atoms with Crippen molar-refractivity contribution in [2.75, 3.05) is 49.9 Å². The Morgan fingerprint density at radius 1 is 1.00 bits per heavy atom. The minimum atomic E-state index is 0.0853. The summed E-state index contributed by atoms with van der Waals surface area (Å²) >= 11 is 0. The first-order valence-electron chi connectivity index (χ1n) is 7.39. The van der Waals surface area contributed by atoms with Gasteiger partial charge in [0.25, 0.3) is 0 Å². The Balaban J connectivity index is 1.60. The number of para-hydroxylation sites is 2. The third-order valence-corrected chi connectivity index (χ3v) is 4.21. The first-order valence-corrected chi connectivity index (χ1v) is 7.39. The number of urea groups is 1. The van der Waals surface area contributed by atoms with Crippen LogP contribution in [0, 0.1) is 0 Å². The topological polar surface area (TPSA) is 52.8 Å². The van der Waals surface area contributed by atoms with Crippen molar-refractivity contribution in [1.82, 2.24) is 9.80 Å². The van der Waals surface area contributed by atoms with E-state index in [9.17, 15) is 4.79 Å². The number of anilines is 2. The van der Waals surface area contributed by atoms with Crippen molar-refractivity contribution in [3.05, 3.63) is 24.3 Å². The highest BCUT2D eigenvalue weighted by Gasteiger charge is 2.30. The van der Waals surface area contributed by atoms with Crippen LogP contribution in [0.5, 0.6) is 0 Å². The molecule has 2 aliphatic heterocycles. The molecule has 20 heavy (non-hydrogen) atoms. The molecule has 0 radical (unpaired) electrons. The van der Waals surface area contributed by atoms with Gasteiger partial charge in [-0.05, 0) is 38.1 Å². The Labute approximate surface area is 119 Å². The summed E-state index contributed by atoms with van der Waals surface area (Å²) in [5.74, 6) is 0. The summed E-state index contributed by atoms with van der Waals surface area (Å²) in [4.78, 5) is 18.6. The third kappa shape index (κ3) is 2.58. The molecule has 0 unspecified atom stereocenters. The SMILES string of the molecule is Nc1ccccc1N1CCN(CCN2CCCC2)C1=O. The number of hydrogen-bond donors (Lipinski definition) is 1. The van der Waals surface area contributed by atoms with Crippen LogP contribution in [0.4, 0.5) is 16.2 Å². The quantitative estimate of drug-likeness (QED) is 0.849. The molecule has 5 heteroatoms. The zero-order valence-corrected chi connectivity index (χ0v) is 11.8. The molecule has 1 aromatic rings. The molecule has 2 aliphatic rings. The van der Waals surface area contributed by atoms with Crippen molar-refractivity contribution in [3.63, 3.8) is 0 Å². The van der Waals surface area contributed by atoms with Gasteiger partial charge >= 0.3 is 6.03 Å². The number of carbonyl (C=O) groups is 1. The molecule has 0 bridgehead atoms. The molecule has 5 nitrogen and oxygen atoms in total. The summed E-state index contributed by atoms with van der Waals surface area (Å²) in [6, 6.07) is 7.66. The number of amides is 2. The van der Waals surface area contributed by atoms with Crippen LogP contribution in [0.25, 0.3) is 0 Å². The molecule has 2 amide bonds. The molecule has 0 aromatic heterocycles. The van der Waals surface area contributed by atoms with Crippen molar-refractivity contribution < 1.29 is 4.79 Å². The van der Waals surface area contributed by atoms with Crippen molar-refractivity contribution in [2.24, 2.45) is 0 Å². The average molecular weight is 274 g/mol. The second-order valence-corrected chi connectivity index (χ2v) is 5.53. The largest absolute Gasteiger partial charge is 0.397 e. The van der Waals surface area contributed by atoms with Crippen LogP contribution in [0.3, 0.4) is 0 Å². The molecular weight excluding hydrogens is 252 g/mol. The van der Waals surface area contributed by atoms with Gasteiger partial charge in [-0.15, -0.1) is 0 Å². The van der Waals surface area contributed by atoms with E-state index in [1.54, 1.807) is 4.90 Å². The summed E-state index contributed by atoms with van der Waals surface area (Å²) in [5, 5.41) is 0. The van der Waals surface area contributed by atoms with Crippen molar-refractivity contribution in [3.8, 4) is 0 Å². The van der Waals surface area contributed by atoms with Gasteiger partial charge in [0.05, 0.1) is 11.4 Å². The molecule has 108 valence electrons. The van der Waals surface area contributed by atoms with Crippen LogP contribution in [0.1, 0.15) is 12.8 Å². The van der Waals surface area contributed by atoms with Crippen molar-refractivity contribution in [2.45, 2.75) is 12.8 Å². The number of rotatable bonds is 4. The lowest BCUT2D eigenvalue weighted by molar-refractivity contribution is 0.211. The molecule has 3 rings (SSSR count). The number of nitrogens with two attached hydrogens (primary N) is 1. The number of nitrogen functional groups attached to an aromatic ring is 1. The number of nitrogens with zero attached hydrogens (tertiary/aromatic N) is 3. The van der Waals surface area contributed by atoms with Gasteiger partial charge in [-0.25, -0.2) is 4.79 Å². The van der Waals surface area contributed by atoms with Crippen LogP contribution >= 0.6 is 0 Å². The summed E-state index contributed by atoms with van der Waals surface area (Å²) in [6.07, 6.45) is 2.58. The zero-order valence-electron chi connectivity index (χ0n) is 11.8. The molecule has 0 saturated carbocycles. The predicted molar refractivity (Wildman–Crippen MR) is 80.8 cm³/mol. The number of likely N-dealkylation sites (tertiary alicyclic amines) is 1. The Morgan fingerprint density at radius 2 is 1.75 bits per heavy atom. The lowest BCUT2D eigenvalue weighted by Gasteiger charge is -2.22. The van der Waals surface area contributed by atoms with E-state index < -0.39 is 0 Å². The first kappa shape index (κ1) is 13.2. The van der Waals surface area contributed by atoms with E-state index in [2.05, 4.69) is 4.90 Å². The van der Waals surface area contributed by atoms with E-state index in [4.69, 9.17) is 5.73 Å². The fraction of sp³-hybridized carbons (Fsp3) is 0.533. The van der Waals surface area contributed by atoms with E-state index in [0.29, 0.717) is 5.69 Å². The van der Waals surface area contributed by atoms with Gasteiger partial charge in [-0.1, -0.05) is 12.1 Å². The normalized spacial score (nSPS) is 20.1. The molecule has 1 aromatic carbocycles. The standard InChI is InChI=1S/C15H22N4O/c16-13-5-1-2-6-14(13)19-12-11-18(15(19)20)10-9-17-7-3-4-8-17/h1-2,5-6H,3-4,7-12,16H2. The molecule has 2 saturated heterocycles. The summed E-state index contributed by atoms with van der Waals surface area (Å²) in [5.41, 5.74) is 7.46. The highest BCUT2D eigenvalue weighted by atomic mass is 16.2. The summed E-state index contributed by atoms with van der Waals surface area (Å²) < 4.78 is 0. The van der Waals surface area contributed by atoms with Gasteiger partial charge in [-0.2, -0.15) is 0 Å². The van der Waals surface area contributed by atoms with E-state index in [1.165, 1.54) is 25.9 Å². The molecule has 2 heterocycles. The lowest BCUT2D eigenvalue weighted by Crippen LogP contribution is -2.37. The fourth-order valence-electron chi connectivity index (χ4n) is 3.02. The van der Waals surface area contributed by atoms with Crippen LogP contribution in [-0.2, 0) is 0 Å². The van der Waals surface area contributed by atoms with Crippen LogP contribution in [-0.4, -0.2) is 55.1 Å². The average Bonchev–Trinajstić information content (AvgIpc) is 3.07. The monoisotopic (exact) mass is 274 g/mol. The van der Waals surface area contributed by atoms with Gasteiger partial charge in [0, 0.05) is 26.2 Å². The molecule has 0 atom stereocenters. The van der Waals surface area contributed by atoms with Gasteiger partial charge < -0.3 is 15.5 Å². The van der Waals surface area contributed by atoms with Crippen molar-refractivity contribution >= 4 is 17.4 Å². The second kappa shape index (κ2) is 5.71. The predicted octanol–water partition coefficient (Wildman–Crippen LogP) is 1.61. The van der Waals surface area contributed by atoms with Crippen LogP contribution in [0.15, 0.2) is 24.3 Å². The Morgan fingerprint density at radius 3 is 2.50 bits per heavy atom. The highest BCUT2D eigenvalue weighted by Crippen LogP contribution is 2.26. The first-order chi connectivity index (χ1) is 9.75. The third-order valence-electron chi connectivity index (χ3n) is 4.21. The Bertz CT molecular complexity index is 485. The van der Waals surface area contributed by atoms with Crippen LogP contribution in [0.2, 0.25) is 0 Å². The maximum Gasteiger partial charge on any atom is 0.324 e. The van der Waals surface area contributed by atoms with Crippen molar-refractivity contribution in [1.29, 1.82) is 0 Å². The fourth-order valence-corrected chi connectivity index (χ4v) is 3.02. The van der Waals surface area contributed by atoms with Gasteiger partial charge in [0.2, 0.25) is 0 Å². The zero-order chi connectivity index (χ0) is 13.9. The van der Waals surface area contributed by atoms with E-state index in [1.807, 2.05) is 29.2 Å². The van der Waals surface area contributed by atoms with E-state index in [-0.39, 0.29) is 6.03 Å². The maximum absolute atomic E-state index is 12.4. The Kier molecular flexibility index (Phi) is 3.78. The Hall–Kier alpha value is -1.75. The number of hydrogen-bond acceptors (Lipinski definition) is 3. The minimum absolute atomic E-state index is 0.0853. The van der Waals surface area contributed by atoms with E-state index in [0.717, 1.165) is 31.9 Å². The lowest BCUT2D eigenvalue weighted by atomic mass is 10.2. The highest BCUT2D eigenvalue weighted by molar-refractivity contribution is 5.97. The van der Waals surface area contributed by atoms with Gasteiger partial charge in [-0.3, -0.25) is 4.90 Å². The molecule has 0 aliphatic carbocycles. The number of carbonyl (C=O) groups excluding carboxylic acids is 1.